The first-order chi connectivity index (χ1) is 15.2. The van der Waals surface area contributed by atoms with Crippen molar-refractivity contribution in [3.8, 4) is 5.69 Å². The molecule has 32 heavy (non-hydrogen) atoms. The molecule has 1 aliphatic carbocycles. The van der Waals surface area contributed by atoms with Gasteiger partial charge in [-0.15, -0.1) is 0 Å². The lowest BCUT2D eigenvalue weighted by molar-refractivity contribution is -0.127. The van der Waals surface area contributed by atoms with E-state index >= 15 is 0 Å². The number of aromatic nitrogens is 2. The van der Waals surface area contributed by atoms with E-state index in [0.29, 0.717) is 54.1 Å². The van der Waals surface area contributed by atoms with Crippen LogP contribution in [0.25, 0.3) is 5.69 Å². The van der Waals surface area contributed by atoms with E-state index in [4.69, 9.17) is 5.73 Å². The van der Waals surface area contributed by atoms with Crippen LogP contribution in [0.3, 0.4) is 0 Å². The molecule has 0 unspecified atom stereocenters. The minimum absolute atomic E-state index is 0.116. The van der Waals surface area contributed by atoms with E-state index in [9.17, 15) is 14.4 Å². The van der Waals surface area contributed by atoms with E-state index < -0.39 is 5.91 Å². The number of primary amides is 1. The van der Waals surface area contributed by atoms with Gasteiger partial charge < -0.3 is 16.0 Å². The number of benzene rings is 1. The summed E-state index contributed by atoms with van der Waals surface area (Å²) < 4.78 is 1.78. The van der Waals surface area contributed by atoms with Crippen molar-refractivity contribution in [2.45, 2.75) is 52.9 Å². The van der Waals surface area contributed by atoms with Crippen molar-refractivity contribution in [2.24, 2.45) is 11.1 Å². The molecule has 0 radical (unpaired) electrons. The molecule has 1 aliphatic heterocycles. The smallest absolute Gasteiger partial charge is 0.250 e. The summed E-state index contributed by atoms with van der Waals surface area (Å²) in [5.74, 6) is -0.199. The van der Waals surface area contributed by atoms with E-state index in [-0.39, 0.29) is 17.1 Å². The van der Waals surface area contributed by atoms with Gasteiger partial charge in [0.2, 0.25) is 5.91 Å². The number of carbonyl (C=O) groups excluding carboxylic acids is 3. The summed E-state index contributed by atoms with van der Waals surface area (Å²) in [7, 11) is 0. The fourth-order valence-corrected chi connectivity index (χ4v) is 4.81. The van der Waals surface area contributed by atoms with E-state index in [1.54, 1.807) is 10.7 Å². The molecule has 2 amide bonds. The molecule has 2 aliphatic rings. The number of ketones is 1. The van der Waals surface area contributed by atoms with Crippen LogP contribution in [0.2, 0.25) is 0 Å². The van der Waals surface area contributed by atoms with Gasteiger partial charge in [-0.25, -0.2) is 4.68 Å². The molecule has 1 aromatic carbocycles. The Kier molecular flexibility index (Phi) is 5.79. The molecule has 0 bridgehead atoms. The molecule has 8 heteroatoms. The number of anilines is 1. The maximum absolute atomic E-state index is 12.7. The minimum Gasteiger partial charge on any atom is -0.384 e. The van der Waals surface area contributed by atoms with Crippen LogP contribution in [0.1, 0.15) is 71.6 Å². The average Bonchev–Trinajstić information content (AvgIpc) is 3.27. The lowest BCUT2D eigenvalue weighted by Gasteiger charge is -2.29. The van der Waals surface area contributed by atoms with Gasteiger partial charge in [0, 0.05) is 38.2 Å². The summed E-state index contributed by atoms with van der Waals surface area (Å²) in [5.41, 5.74) is 9.57. The molecular weight excluding hydrogens is 406 g/mol. The number of carbonyl (C=O) groups is 3. The average molecular weight is 438 g/mol. The summed E-state index contributed by atoms with van der Waals surface area (Å²) >= 11 is 0. The molecule has 0 atom stereocenters. The van der Waals surface area contributed by atoms with Crippen LogP contribution in [0.15, 0.2) is 18.2 Å². The molecule has 3 N–H and O–H groups in total. The Morgan fingerprint density at radius 2 is 2.03 bits per heavy atom. The number of hydrogen-bond donors (Lipinski definition) is 2. The van der Waals surface area contributed by atoms with Crippen LogP contribution in [0.4, 0.5) is 5.69 Å². The van der Waals surface area contributed by atoms with Gasteiger partial charge in [0.05, 0.1) is 28.2 Å². The van der Waals surface area contributed by atoms with Gasteiger partial charge in [0.25, 0.3) is 5.91 Å². The van der Waals surface area contributed by atoms with Gasteiger partial charge in [0.15, 0.2) is 5.78 Å². The molecule has 1 saturated heterocycles. The molecule has 1 aromatic heterocycles. The van der Waals surface area contributed by atoms with Crippen molar-refractivity contribution in [1.82, 2.24) is 14.7 Å². The fraction of sp³-hybridized carbons (Fsp3) is 0.500. The summed E-state index contributed by atoms with van der Waals surface area (Å²) in [6.45, 7) is 8.17. The number of aryl methyl sites for hydroxylation is 1. The van der Waals surface area contributed by atoms with Gasteiger partial charge in [0.1, 0.15) is 0 Å². The van der Waals surface area contributed by atoms with Crippen molar-refractivity contribution in [3.63, 3.8) is 0 Å². The van der Waals surface area contributed by atoms with E-state index in [1.807, 2.05) is 24.0 Å². The number of nitrogens with zero attached hydrogens (tertiary/aromatic N) is 3. The summed E-state index contributed by atoms with van der Waals surface area (Å²) in [4.78, 5) is 38.5. The van der Waals surface area contributed by atoms with Gasteiger partial charge in [-0.3, -0.25) is 14.4 Å². The highest BCUT2D eigenvalue weighted by Gasteiger charge is 2.35. The maximum Gasteiger partial charge on any atom is 0.250 e. The van der Waals surface area contributed by atoms with Gasteiger partial charge in [-0.05, 0) is 49.8 Å². The maximum atomic E-state index is 12.7. The monoisotopic (exact) mass is 437 g/mol. The molecule has 0 spiro atoms. The lowest BCUT2D eigenvalue weighted by atomic mass is 9.75. The number of amides is 2. The molecule has 170 valence electrons. The largest absolute Gasteiger partial charge is 0.384 e. The number of likely N-dealkylation sites (tertiary alicyclic amines) is 1. The molecule has 4 rings (SSSR count). The third-order valence-electron chi connectivity index (χ3n) is 6.32. The Bertz CT molecular complexity index is 1090. The first-order valence-corrected chi connectivity index (χ1v) is 11.2. The Balaban J connectivity index is 1.55. The lowest BCUT2D eigenvalue weighted by Crippen LogP contribution is -2.28. The Labute approximate surface area is 188 Å². The molecule has 8 nitrogen and oxygen atoms in total. The van der Waals surface area contributed by atoms with Crippen molar-refractivity contribution in [1.29, 1.82) is 0 Å². The van der Waals surface area contributed by atoms with Crippen LogP contribution in [0.5, 0.6) is 0 Å². The van der Waals surface area contributed by atoms with E-state index in [2.05, 4.69) is 24.3 Å². The van der Waals surface area contributed by atoms with Crippen LogP contribution in [-0.2, 0) is 11.2 Å². The highest BCUT2D eigenvalue weighted by Crippen LogP contribution is 2.37. The number of nitrogens with two attached hydrogens (primary N) is 1. The molecule has 2 heterocycles. The van der Waals surface area contributed by atoms with Gasteiger partial charge >= 0.3 is 0 Å². The normalized spacial score (nSPS) is 17.5. The van der Waals surface area contributed by atoms with Crippen LogP contribution in [-0.4, -0.2) is 51.9 Å². The second-order valence-corrected chi connectivity index (χ2v) is 9.62. The third kappa shape index (κ3) is 4.26. The minimum atomic E-state index is -0.529. The van der Waals surface area contributed by atoms with Crippen molar-refractivity contribution >= 4 is 23.3 Å². The van der Waals surface area contributed by atoms with Crippen LogP contribution in [0, 0.1) is 12.3 Å². The van der Waals surface area contributed by atoms with Crippen molar-refractivity contribution < 1.29 is 14.4 Å². The summed E-state index contributed by atoms with van der Waals surface area (Å²) in [5, 5.41) is 7.90. The number of hydrogen-bond acceptors (Lipinski definition) is 5. The van der Waals surface area contributed by atoms with Gasteiger partial charge in [-0.2, -0.15) is 5.10 Å². The SMILES string of the molecule is Cc1nn(-c2ccc(NCCCN3CCCC3=O)c(C(N)=O)c2)c2c1C(=O)CC(C)(C)C2. The summed E-state index contributed by atoms with van der Waals surface area (Å²) in [6.07, 6.45) is 3.59. The highest BCUT2D eigenvalue weighted by atomic mass is 16.2. The number of fused-ring (bicyclic) bond motifs is 1. The second kappa shape index (κ2) is 8.41. The zero-order valence-corrected chi connectivity index (χ0v) is 19.0. The topological polar surface area (TPSA) is 110 Å². The van der Waals surface area contributed by atoms with E-state index in [0.717, 1.165) is 31.5 Å². The van der Waals surface area contributed by atoms with Crippen molar-refractivity contribution in [3.05, 3.63) is 40.7 Å². The first kappa shape index (κ1) is 22.0. The van der Waals surface area contributed by atoms with Crippen LogP contribution >= 0.6 is 0 Å². The summed E-state index contributed by atoms with van der Waals surface area (Å²) in [6, 6.07) is 5.45. The number of Topliss-reactive ketones (excluding diaryl/α,β-unsaturated/α-hetero) is 1. The second-order valence-electron chi connectivity index (χ2n) is 9.62. The first-order valence-electron chi connectivity index (χ1n) is 11.2. The predicted octanol–water partition coefficient (Wildman–Crippen LogP) is 2.86. The molecule has 0 saturated carbocycles. The van der Waals surface area contributed by atoms with E-state index in [1.165, 1.54) is 0 Å². The number of rotatable bonds is 7. The zero-order valence-electron chi connectivity index (χ0n) is 19.0. The Hall–Kier alpha value is -3.16. The Morgan fingerprint density at radius 3 is 2.72 bits per heavy atom. The predicted molar refractivity (Wildman–Crippen MR) is 122 cm³/mol. The van der Waals surface area contributed by atoms with Crippen LogP contribution < -0.4 is 11.1 Å². The zero-order chi connectivity index (χ0) is 23.0. The Morgan fingerprint density at radius 1 is 1.25 bits per heavy atom. The third-order valence-corrected chi connectivity index (χ3v) is 6.32. The molecule has 2 aromatic rings. The highest BCUT2D eigenvalue weighted by molar-refractivity contribution is 6.00. The van der Waals surface area contributed by atoms with Crippen molar-refractivity contribution in [2.75, 3.05) is 25.0 Å². The van der Waals surface area contributed by atoms with Gasteiger partial charge in [-0.1, -0.05) is 13.8 Å². The molecule has 1 fully saturated rings. The molecular formula is C24H31N5O3. The number of nitrogens with one attached hydrogen (secondary N) is 1. The quantitative estimate of drug-likeness (QED) is 0.647. The standard InChI is InChI=1S/C24H31N5O3/c1-15-22-19(13-24(2,3)14-20(22)30)29(27-15)16-7-8-18(17(12-16)23(25)32)26-9-5-11-28-10-4-6-21(28)31/h7-8,12,26H,4-6,9-11,13-14H2,1-3H3,(H2,25,32). The fourth-order valence-electron chi connectivity index (χ4n) is 4.81.